The Morgan fingerprint density at radius 1 is 1.50 bits per heavy atom. The molecule has 0 saturated heterocycles. The summed E-state index contributed by atoms with van der Waals surface area (Å²) in [5, 5.41) is 2.80. The third-order valence-corrected chi connectivity index (χ3v) is 2.99. The molecule has 1 amide bonds. The highest BCUT2D eigenvalue weighted by Gasteiger charge is 2.13. The van der Waals surface area contributed by atoms with Crippen LogP contribution >= 0.6 is 15.9 Å². The average molecular weight is 285 g/mol. The van der Waals surface area contributed by atoms with Crippen LogP contribution in [0.2, 0.25) is 0 Å². The van der Waals surface area contributed by atoms with E-state index in [0.717, 1.165) is 10.0 Å². The number of amides is 1. The predicted octanol–water partition coefficient (Wildman–Crippen LogP) is 2.22. The van der Waals surface area contributed by atoms with Gasteiger partial charge in [-0.15, -0.1) is 0 Å². The summed E-state index contributed by atoms with van der Waals surface area (Å²) in [6.45, 7) is 6.18. The van der Waals surface area contributed by atoms with Gasteiger partial charge < -0.3 is 11.1 Å². The first-order chi connectivity index (χ1) is 7.29. The Labute approximate surface area is 105 Å². The summed E-state index contributed by atoms with van der Waals surface area (Å²) in [6.07, 6.45) is 0. The van der Waals surface area contributed by atoms with Gasteiger partial charge in [-0.25, -0.2) is 0 Å². The second-order valence-electron chi connectivity index (χ2n) is 4.64. The van der Waals surface area contributed by atoms with Gasteiger partial charge in [0.05, 0.1) is 0 Å². The summed E-state index contributed by atoms with van der Waals surface area (Å²) in [4.78, 5) is 11.8. The molecule has 0 heterocycles. The molecule has 16 heavy (non-hydrogen) atoms. The van der Waals surface area contributed by atoms with Crippen molar-refractivity contribution in [1.82, 2.24) is 5.32 Å². The zero-order valence-corrected chi connectivity index (χ0v) is 11.4. The maximum absolute atomic E-state index is 11.8. The smallest absolute Gasteiger partial charge is 0.251 e. The van der Waals surface area contributed by atoms with E-state index in [1.165, 1.54) is 0 Å². The third-order valence-electron chi connectivity index (χ3n) is 2.14. The van der Waals surface area contributed by atoms with E-state index >= 15 is 0 Å². The number of carbonyl (C=O) groups excluding carboxylic acids is 1. The lowest BCUT2D eigenvalue weighted by Gasteiger charge is -2.18. The van der Waals surface area contributed by atoms with Crippen LogP contribution in [0.5, 0.6) is 0 Å². The Bertz CT molecular complexity index is 396. The van der Waals surface area contributed by atoms with Crippen LogP contribution in [0, 0.1) is 6.92 Å². The SMILES string of the molecule is Cc1ccc(C(=O)NCC(C)(C)N)cc1Br. The number of nitrogens with one attached hydrogen (secondary N) is 1. The standard InChI is InChI=1S/C12H17BrN2O/c1-8-4-5-9(6-10(8)13)11(16)15-7-12(2,3)14/h4-6H,7,14H2,1-3H3,(H,15,16). The van der Waals surface area contributed by atoms with Crippen LogP contribution in [0.25, 0.3) is 0 Å². The van der Waals surface area contributed by atoms with Gasteiger partial charge in [0.2, 0.25) is 0 Å². The topological polar surface area (TPSA) is 55.1 Å². The fraction of sp³-hybridized carbons (Fsp3) is 0.417. The van der Waals surface area contributed by atoms with Crippen molar-refractivity contribution >= 4 is 21.8 Å². The van der Waals surface area contributed by atoms with E-state index in [1.54, 1.807) is 6.07 Å². The van der Waals surface area contributed by atoms with Crippen LogP contribution in [0.3, 0.4) is 0 Å². The molecule has 0 aliphatic rings. The molecule has 1 rings (SSSR count). The van der Waals surface area contributed by atoms with Crippen molar-refractivity contribution in [3.05, 3.63) is 33.8 Å². The van der Waals surface area contributed by atoms with Gasteiger partial charge >= 0.3 is 0 Å². The van der Waals surface area contributed by atoms with Crippen molar-refractivity contribution in [3.63, 3.8) is 0 Å². The molecule has 0 spiro atoms. The number of aryl methyl sites for hydroxylation is 1. The largest absolute Gasteiger partial charge is 0.350 e. The van der Waals surface area contributed by atoms with Gasteiger partial charge in [-0.2, -0.15) is 0 Å². The molecule has 0 saturated carbocycles. The Kier molecular flexibility index (Phi) is 4.10. The molecule has 0 aliphatic carbocycles. The average Bonchev–Trinajstić information content (AvgIpc) is 2.17. The van der Waals surface area contributed by atoms with Crippen molar-refractivity contribution < 1.29 is 4.79 Å². The first-order valence-corrected chi connectivity index (χ1v) is 5.92. The quantitative estimate of drug-likeness (QED) is 0.894. The lowest BCUT2D eigenvalue weighted by molar-refractivity contribution is 0.0946. The van der Waals surface area contributed by atoms with Crippen LogP contribution in [0.1, 0.15) is 29.8 Å². The fourth-order valence-electron chi connectivity index (χ4n) is 1.14. The minimum Gasteiger partial charge on any atom is -0.350 e. The molecule has 3 nitrogen and oxygen atoms in total. The number of halogens is 1. The van der Waals surface area contributed by atoms with E-state index in [1.807, 2.05) is 32.9 Å². The van der Waals surface area contributed by atoms with Gasteiger partial charge in [0.1, 0.15) is 0 Å². The van der Waals surface area contributed by atoms with Crippen LogP contribution < -0.4 is 11.1 Å². The summed E-state index contributed by atoms with van der Waals surface area (Å²) >= 11 is 3.40. The van der Waals surface area contributed by atoms with Crippen LogP contribution in [0.4, 0.5) is 0 Å². The van der Waals surface area contributed by atoms with Crippen molar-refractivity contribution in [1.29, 1.82) is 0 Å². The normalized spacial score (nSPS) is 11.3. The molecule has 4 heteroatoms. The lowest BCUT2D eigenvalue weighted by Crippen LogP contribution is -2.45. The van der Waals surface area contributed by atoms with E-state index in [9.17, 15) is 4.79 Å². The van der Waals surface area contributed by atoms with Crippen molar-refractivity contribution in [2.24, 2.45) is 5.73 Å². The van der Waals surface area contributed by atoms with E-state index in [0.29, 0.717) is 12.1 Å². The van der Waals surface area contributed by atoms with Crippen molar-refractivity contribution in [3.8, 4) is 0 Å². The van der Waals surface area contributed by atoms with Crippen LogP contribution in [-0.2, 0) is 0 Å². The van der Waals surface area contributed by atoms with Crippen molar-refractivity contribution in [2.75, 3.05) is 6.54 Å². The van der Waals surface area contributed by atoms with Gasteiger partial charge in [0.15, 0.2) is 0 Å². The molecule has 88 valence electrons. The fourth-order valence-corrected chi connectivity index (χ4v) is 1.52. The number of carbonyl (C=O) groups is 1. The number of hydrogen-bond acceptors (Lipinski definition) is 2. The van der Waals surface area contributed by atoms with Gasteiger partial charge in [-0.05, 0) is 38.5 Å². The van der Waals surface area contributed by atoms with Gasteiger partial charge in [-0.1, -0.05) is 22.0 Å². The minimum absolute atomic E-state index is 0.0979. The summed E-state index contributed by atoms with van der Waals surface area (Å²) in [6, 6.07) is 5.53. The molecule has 0 bridgehead atoms. The summed E-state index contributed by atoms with van der Waals surface area (Å²) in [5.74, 6) is -0.0979. The molecule has 0 fully saturated rings. The van der Waals surface area contributed by atoms with Crippen molar-refractivity contribution in [2.45, 2.75) is 26.3 Å². The first-order valence-electron chi connectivity index (χ1n) is 5.13. The molecular formula is C12H17BrN2O. The molecule has 1 aromatic rings. The zero-order valence-electron chi connectivity index (χ0n) is 9.80. The maximum Gasteiger partial charge on any atom is 0.251 e. The maximum atomic E-state index is 11.8. The Morgan fingerprint density at radius 3 is 2.62 bits per heavy atom. The Hall–Kier alpha value is -0.870. The molecular weight excluding hydrogens is 268 g/mol. The predicted molar refractivity (Wildman–Crippen MR) is 69.5 cm³/mol. The molecule has 0 aliphatic heterocycles. The number of hydrogen-bond donors (Lipinski definition) is 2. The highest BCUT2D eigenvalue weighted by atomic mass is 79.9. The number of rotatable bonds is 3. The monoisotopic (exact) mass is 284 g/mol. The summed E-state index contributed by atoms with van der Waals surface area (Å²) < 4.78 is 0.937. The van der Waals surface area contributed by atoms with E-state index in [-0.39, 0.29) is 5.91 Å². The van der Waals surface area contributed by atoms with Crippen LogP contribution in [0.15, 0.2) is 22.7 Å². The van der Waals surface area contributed by atoms with Crippen LogP contribution in [-0.4, -0.2) is 18.0 Å². The van der Waals surface area contributed by atoms with E-state index < -0.39 is 5.54 Å². The first kappa shape index (κ1) is 13.2. The number of nitrogens with two attached hydrogens (primary N) is 1. The summed E-state index contributed by atoms with van der Waals surface area (Å²) in [7, 11) is 0. The molecule has 1 aromatic carbocycles. The minimum atomic E-state index is -0.391. The lowest BCUT2D eigenvalue weighted by atomic mass is 10.1. The number of benzene rings is 1. The van der Waals surface area contributed by atoms with E-state index in [4.69, 9.17) is 5.73 Å². The molecule has 3 N–H and O–H groups in total. The molecule has 0 radical (unpaired) electrons. The highest BCUT2D eigenvalue weighted by Crippen LogP contribution is 2.17. The van der Waals surface area contributed by atoms with Gasteiger partial charge in [0.25, 0.3) is 5.91 Å². The Morgan fingerprint density at radius 2 is 2.12 bits per heavy atom. The molecule has 0 unspecified atom stereocenters. The zero-order chi connectivity index (χ0) is 12.3. The second kappa shape index (κ2) is 4.97. The summed E-state index contributed by atoms with van der Waals surface area (Å²) in [5.41, 5.74) is 7.15. The third kappa shape index (κ3) is 3.94. The Balaban J connectivity index is 2.70. The van der Waals surface area contributed by atoms with Gasteiger partial charge in [0, 0.05) is 22.1 Å². The highest BCUT2D eigenvalue weighted by molar-refractivity contribution is 9.10. The second-order valence-corrected chi connectivity index (χ2v) is 5.49. The molecule has 0 atom stereocenters. The van der Waals surface area contributed by atoms with E-state index in [2.05, 4.69) is 21.2 Å². The van der Waals surface area contributed by atoms with Gasteiger partial charge in [-0.3, -0.25) is 4.79 Å². The molecule has 0 aromatic heterocycles.